The molecular weight excluding hydrogens is 815 g/mol. The third-order valence-corrected chi connectivity index (χ3v) is 14.9. The first-order valence-electron chi connectivity index (χ1n) is 17.4. The summed E-state index contributed by atoms with van der Waals surface area (Å²) in [7, 11) is -3.59. The maximum absolute atomic E-state index is 15.8. The summed E-state index contributed by atoms with van der Waals surface area (Å²) in [5.74, 6) is -6.30. The van der Waals surface area contributed by atoms with Crippen molar-refractivity contribution in [2.75, 3.05) is 26.5 Å². The Bertz CT molecular complexity index is 1750. The minimum atomic E-state index is -3.75. The van der Waals surface area contributed by atoms with E-state index in [1.165, 1.54) is 6.20 Å². The molecule has 0 spiro atoms. The topological polar surface area (TPSA) is 77.7 Å². The highest BCUT2D eigenvalue weighted by molar-refractivity contribution is 9.10. The lowest BCUT2D eigenvalue weighted by molar-refractivity contribution is -0.109. The quantitative estimate of drug-likeness (QED) is 0.0517. The maximum Gasteiger partial charge on any atom is 0.290 e. The summed E-state index contributed by atoms with van der Waals surface area (Å²) >= 11 is 9.82. The van der Waals surface area contributed by atoms with Crippen LogP contribution in [-0.2, 0) is 22.1 Å². The fourth-order valence-electron chi connectivity index (χ4n) is 5.61. The predicted molar refractivity (Wildman–Crippen MR) is 209 cm³/mol. The van der Waals surface area contributed by atoms with Crippen molar-refractivity contribution in [3.63, 3.8) is 0 Å². The van der Waals surface area contributed by atoms with Crippen LogP contribution in [0.25, 0.3) is 11.6 Å². The first kappa shape index (κ1) is 43.2. The Morgan fingerprint density at radius 2 is 1.64 bits per heavy atom. The Hall–Kier alpha value is -2.51. The van der Waals surface area contributed by atoms with E-state index in [9.17, 15) is 8.78 Å². The summed E-state index contributed by atoms with van der Waals surface area (Å²) in [6.07, 6.45) is 4.75. The fourth-order valence-corrected chi connectivity index (χ4v) is 9.07. The Morgan fingerprint density at radius 1 is 1.00 bits per heavy atom. The van der Waals surface area contributed by atoms with E-state index >= 15 is 13.2 Å². The van der Waals surface area contributed by atoms with E-state index in [-0.39, 0.29) is 55.8 Å². The second-order valence-electron chi connectivity index (χ2n) is 15.7. The Labute approximate surface area is 324 Å². The van der Waals surface area contributed by atoms with Crippen molar-refractivity contribution in [2.24, 2.45) is 4.99 Å². The van der Waals surface area contributed by atoms with Crippen LogP contribution in [0.5, 0.6) is 0 Å². The van der Waals surface area contributed by atoms with Crippen LogP contribution in [0.4, 0.5) is 22.0 Å². The molecule has 0 radical (unpaired) electrons. The molecule has 0 bridgehead atoms. The highest BCUT2D eigenvalue weighted by atomic mass is 79.9. The van der Waals surface area contributed by atoms with E-state index in [1.54, 1.807) is 40.1 Å². The molecule has 1 aromatic carbocycles. The van der Waals surface area contributed by atoms with Gasteiger partial charge in [0, 0.05) is 77.9 Å². The number of benzene rings is 1. The van der Waals surface area contributed by atoms with Gasteiger partial charge in [-0.25, -0.2) is 28.1 Å². The Morgan fingerprint density at radius 3 is 2.25 bits per heavy atom. The molecule has 8 nitrogen and oxygen atoms in total. The molecule has 1 aliphatic rings. The highest BCUT2D eigenvalue weighted by Crippen LogP contribution is 2.41. The number of imidazole rings is 1. The van der Waals surface area contributed by atoms with Gasteiger partial charge in [0.15, 0.2) is 11.6 Å². The smallest absolute Gasteiger partial charge is 0.290 e. The molecule has 17 heteroatoms. The molecule has 0 saturated heterocycles. The SMILES string of the molecule is C=CC(F)(C1CN(COCC[Si](C)(C)CCC(F)(F)c2cn(COCC[Si](C)(C)C)c(-c3ncc(C)cn3)n2)C(c2ccc(Br)cc2Cl)=N1)C(C)(F)F. The van der Waals surface area contributed by atoms with Crippen molar-refractivity contribution in [2.45, 2.75) is 101 Å². The lowest BCUT2D eigenvalue weighted by Gasteiger charge is -2.32. The molecule has 1 aliphatic heterocycles. The van der Waals surface area contributed by atoms with Crippen LogP contribution >= 0.6 is 27.5 Å². The summed E-state index contributed by atoms with van der Waals surface area (Å²) in [6.45, 7) is 16.9. The lowest BCUT2D eigenvalue weighted by atomic mass is 9.90. The van der Waals surface area contributed by atoms with Crippen molar-refractivity contribution in [1.29, 1.82) is 0 Å². The molecular formula is C36H49BrClF5N6O2Si2. The van der Waals surface area contributed by atoms with Crippen molar-refractivity contribution in [3.8, 4) is 11.6 Å². The summed E-state index contributed by atoms with van der Waals surface area (Å²) in [4.78, 5) is 18.9. The molecule has 0 fully saturated rings. The van der Waals surface area contributed by atoms with Crippen molar-refractivity contribution in [1.82, 2.24) is 24.4 Å². The largest absolute Gasteiger partial charge is 0.361 e. The average molecular weight is 864 g/mol. The van der Waals surface area contributed by atoms with Gasteiger partial charge in [0.2, 0.25) is 5.67 Å². The molecule has 3 aromatic rings. The van der Waals surface area contributed by atoms with Crippen molar-refractivity contribution in [3.05, 3.63) is 75.8 Å². The summed E-state index contributed by atoms with van der Waals surface area (Å²) in [5.41, 5.74) is -2.21. The molecule has 4 rings (SSSR count). The van der Waals surface area contributed by atoms with Gasteiger partial charge in [0.05, 0.1) is 5.02 Å². The number of alkyl halides is 5. The zero-order chi connectivity index (χ0) is 39.4. The number of hydrogen-bond acceptors (Lipinski definition) is 7. The summed E-state index contributed by atoms with van der Waals surface area (Å²) < 4.78 is 90.3. The Balaban J connectivity index is 1.40. The molecule has 3 heterocycles. The third kappa shape index (κ3) is 11.3. The van der Waals surface area contributed by atoms with Crippen LogP contribution in [0.1, 0.15) is 30.2 Å². The minimum absolute atomic E-state index is 0.0523. The summed E-state index contributed by atoms with van der Waals surface area (Å²) in [5, 5.41) is 0.294. The van der Waals surface area contributed by atoms with Crippen LogP contribution in [-0.4, -0.2) is 90.5 Å². The molecule has 292 valence electrons. The van der Waals surface area contributed by atoms with E-state index in [1.807, 2.05) is 20.0 Å². The first-order chi connectivity index (χ1) is 24.5. The molecule has 2 aromatic heterocycles. The number of aliphatic imine (C=N–C) groups is 1. The lowest BCUT2D eigenvalue weighted by Crippen LogP contribution is -2.51. The molecule has 53 heavy (non-hydrogen) atoms. The molecule has 0 aliphatic carbocycles. The van der Waals surface area contributed by atoms with Gasteiger partial charge in [-0.2, -0.15) is 8.78 Å². The second-order valence-corrected chi connectivity index (χ2v) is 28.0. The standard InChI is InChI=1S/C36H49BrClF5N6O2Si2/c1-9-35(41,34(3,39)40)29-21-48(32(46-29)27-11-10-26(37)18-28(27)38)23-51-14-17-53(7,8)15-12-36(42,43)30-22-49(24-50-13-16-52(4,5)6)33(47-30)31-44-19-25(2)20-45-31/h9-11,18-20,22,29H,1,12-17,21,23-24H2,2-8H3. The number of halogens is 7. The molecule has 0 amide bonds. The van der Waals surface area contributed by atoms with Crippen LogP contribution in [0.3, 0.4) is 0 Å². The van der Waals surface area contributed by atoms with Gasteiger partial charge in [0.25, 0.3) is 11.8 Å². The number of aryl methyl sites for hydroxylation is 1. The number of ether oxygens (including phenoxy) is 2. The van der Waals surface area contributed by atoms with Gasteiger partial charge in [0.1, 0.15) is 31.0 Å². The fraction of sp³-hybridized carbons (Fsp3) is 0.556. The predicted octanol–water partition coefficient (Wildman–Crippen LogP) is 10.2. The van der Waals surface area contributed by atoms with Crippen LogP contribution < -0.4 is 0 Å². The van der Waals surface area contributed by atoms with E-state index in [0.717, 1.165) is 11.6 Å². The van der Waals surface area contributed by atoms with E-state index in [2.05, 4.69) is 62.1 Å². The summed E-state index contributed by atoms with van der Waals surface area (Å²) in [6, 6.07) is 5.30. The number of hydrogen-bond donors (Lipinski definition) is 0. The normalized spacial score (nSPS) is 16.9. The van der Waals surface area contributed by atoms with E-state index in [0.29, 0.717) is 40.7 Å². The monoisotopic (exact) mass is 862 g/mol. The van der Waals surface area contributed by atoms with Gasteiger partial charge >= 0.3 is 0 Å². The van der Waals surface area contributed by atoms with Crippen molar-refractivity contribution >= 4 is 49.5 Å². The first-order valence-corrected chi connectivity index (χ1v) is 25.7. The minimum Gasteiger partial charge on any atom is -0.361 e. The van der Waals surface area contributed by atoms with Gasteiger partial charge in [-0.05, 0) is 48.9 Å². The third-order valence-electron chi connectivity index (χ3n) is 9.24. The number of amidine groups is 1. The second kappa shape index (κ2) is 17.1. The zero-order valence-corrected chi connectivity index (χ0v) is 35.7. The van der Waals surface area contributed by atoms with Crippen LogP contribution in [0.2, 0.25) is 55.9 Å². The van der Waals surface area contributed by atoms with Gasteiger partial charge in [-0.3, -0.25) is 4.99 Å². The maximum atomic E-state index is 15.8. The zero-order valence-electron chi connectivity index (χ0n) is 31.3. The van der Waals surface area contributed by atoms with Crippen LogP contribution in [0.15, 0.2) is 58.9 Å². The van der Waals surface area contributed by atoms with Crippen LogP contribution in [0, 0.1) is 6.92 Å². The van der Waals surface area contributed by atoms with Crippen molar-refractivity contribution < 1.29 is 31.4 Å². The van der Waals surface area contributed by atoms with Gasteiger partial charge in [-0.1, -0.05) is 72.9 Å². The molecule has 2 unspecified atom stereocenters. The van der Waals surface area contributed by atoms with E-state index < -0.39 is 46.1 Å². The van der Waals surface area contributed by atoms with Gasteiger partial charge < -0.3 is 18.9 Å². The van der Waals surface area contributed by atoms with E-state index in [4.69, 9.17) is 21.1 Å². The molecule has 2 atom stereocenters. The molecule has 0 saturated carbocycles. The Kier molecular flexibility index (Phi) is 13.9. The highest BCUT2D eigenvalue weighted by Gasteiger charge is 2.56. The van der Waals surface area contributed by atoms with Gasteiger partial charge in [-0.15, -0.1) is 0 Å². The number of nitrogens with zero attached hydrogens (tertiary/aromatic N) is 6. The molecule has 0 N–H and O–H groups in total. The average Bonchev–Trinajstić information content (AvgIpc) is 3.69. The number of rotatable bonds is 19. The number of aromatic nitrogens is 4.